The normalized spacial score (nSPS) is 12.1. The molecule has 0 N–H and O–H groups in total. The third-order valence-electron chi connectivity index (χ3n) is 3.83. The number of hydrogen-bond acceptors (Lipinski definition) is 1. The molecule has 1 unspecified atom stereocenters. The van der Waals surface area contributed by atoms with Crippen molar-refractivity contribution in [3.05, 3.63) is 60.7 Å². The Morgan fingerprint density at radius 3 is 2.00 bits per heavy atom. The Morgan fingerprint density at radius 1 is 0.952 bits per heavy atom. The van der Waals surface area contributed by atoms with Crippen LogP contribution in [0.1, 0.15) is 39.5 Å². The first-order valence-corrected chi connectivity index (χ1v) is 7.88. The Hall–Kier alpha value is -1.76. The van der Waals surface area contributed by atoms with E-state index in [-0.39, 0.29) is 0 Å². The number of anilines is 2. The molecule has 108 valence electrons. The molecule has 2 aromatic carbocycles. The highest BCUT2D eigenvalue weighted by molar-refractivity contribution is 5.61. The zero-order chi connectivity index (χ0) is 14.9. The van der Waals surface area contributed by atoms with Crippen molar-refractivity contribution in [3.8, 4) is 0 Å². The number of nitrogens with zero attached hydrogens (tertiary/aromatic N) is 1. The zero-order valence-corrected chi connectivity index (χ0v) is 13.0. The molecule has 21 heavy (non-hydrogen) atoms. The lowest BCUT2D eigenvalue weighted by Crippen LogP contribution is -2.25. The van der Waals surface area contributed by atoms with Gasteiger partial charge in [-0.15, -0.1) is 0 Å². The zero-order valence-electron chi connectivity index (χ0n) is 13.0. The van der Waals surface area contributed by atoms with Gasteiger partial charge in [0.15, 0.2) is 0 Å². The van der Waals surface area contributed by atoms with Crippen molar-refractivity contribution in [2.45, 2.75) is 39.5 Å². The van der Waals surface area contributed by atoms with Gasteiger partial charge in [0.25, 0.3) is 0 Å². The van der Waals surface area contributed by atoms with E-state index >= 15 is 0 Å². The van der Waals surface area contributed by atoms with Gasteiger partial charge in [-0.1, -0.05) is 57.4 Å². The molecule has 0 aromatic heterocycles. The van der Waals surface area contributed by atoms with Crippen molar-refractivity contribution >= 4 is 11.4 Å². The molecule has 0 saturated carbocycles. The van der Waals surface area contributed by atoms with Crippen LogP contribution >= 0.6 is 0 Å². The van der Waals surface area contributed by atoms with Crippen LogP contribution in [0.15, 0.2) is 36.4 Å². The lowest BCUT2D eigenvalue weighted by molar-refractivity contribution is 0.458. The first-order chi connectivity index (χ1) is 10.3. The molecular formula is C20H23N. The van der Waals surface area contributed by atoms with Crippen LogP contribution < -0.4 is 4.90 Å². The highest BCUT2D eigenvalue weighted by Crippen LogP contribution is 2.27. The summed E-state index contributed by atoms with van der Waals surface area (Å²) in [6.45, 7) is 5.53. The SMILES string of the molecule is CCCCC(CC)CN(c1[c]cc[c]c1)c1[c]cc[c]c1. The van der Waals surface area contributed by atoms with Gasteiger partial charge in [0.2, 0.25) is 0 Å². The van der Waals surface area contributed by atoms with Gasteiger partial charge >= 0.3 is 0 Å². The Morgan fingerprint density at radius 2 is 1.57 bits per heavy atom. The second kappa shape index (κ2) is 8.51. The molecule has 0 heterocycles. The van der Waals surface area contributed by atoms with Gasteiger partial charge in [0, 0.05) is 30.1 Å². The predicted molar refractivity (Wildman–Crippen MR) is 88.5 cm³/mol. The minimum atomic E-state index is 0.687. The van der Waals surface area contributed by atoms with Crippen LogP contribution in [0, 0.1) is 30.2 Å². The van der Waals surface area contributed by atoms with Crippen molar-refractivity contribution in [1.82, 2.24) is 0 Å². The highest BCUT2D eigenvalue weighted by atomic mass is 15.1. The van der Waals surface area contributed by atoms with Crippen molar-refractivity contribution < 1.29 is 0 Å². The summed E-state index contributed by atoms with van der Waals surface area (Å²) in [6, 6.07) is 24.5. The molecule has 1 nitrogen and oxygen atoms in total. The van der Waals surface area contributed by atoms with E-state index in [9.17, 15) is 0 Å². The average molecular weight is 277 g/mol. The first kappa shape index (κ1) is 15.6. The fourth-order valence-electron chi connectivity index (χ4n) is 2.50. The molecule has 0 spiro atoms. The summed E-state index contributed by atoms with van der Waals surface area (Å²) in [5.74, 6) is 0.687. The molecule has 0 bridgehead atoms. The maximum absolute atomic E-state index is 3.31. The smallest absolute Gasteiger partial charge is 0.0497 e. The summed E-state index contributed by atoms with van der Waals surface area (Å²) in [5.41, 5.74) is 2.12. The number of benzene rings is 2. The minimum Gasteiger partial charge on any atom is -0.340 e. The molecule has 2 aromatic rings. The summed E-state index contributed by atoms with van der Waals surface area (Å²) in [5, 5.41) is 0. The molecular weight excluding hydrogens is 254 g/mol. The molecule has 0 aliphatic heterocycles. The van der Waals surface area contributed by atoms with Crippen molar-refractivity contribution in [1.29, 1.82) is 0 Å². The van der Waals surface area contributed by atoms with Crippen LogP contribution in [0.2, 0.25) is 0 Å². The Kier molecular flexibility index (Phi) is 6.33. The van der Waals surface area contributed by atoms with E-state index in [2.05, 4.69) is 43.0 Å². The van der Waals surface area contributed by atoms with Crippen molar-refractivity contribution in [3.63, 3.8) is 0 Å². The third kappa shape index (κ3) is 4.63. The molecule has 2 rings (SSSR count). The maximum atomic E-state index is 3.31. The molecule has 0 fully saturated rings. The van der Waals surface area contributed by atoms with Gasteiger partial charge in [-0.25, -0.2) is 0 Å². The van der Waals surface area contributed by atoms with Crippen LogP contribution in [0.25, 0.3) is 0 Å². The van der Waals surface area contributed by atoms with E-state index in [0.29, 0.717) is 5.92 Å². The average Bonchev–Trinajstić information content (AvgIpc) is 2.57. The monoisotopic (exact) mass is 277 g/mol. The second-order valence-electron chi connectivity index (χ2n) is 5.37. The quantitative estimate of drug-likeness (QED) is 0.637. The fraction of sp³-hybridized carbons (Fsp3) is 0.400. The maximum Gasteiger partial charge on any atom is 0.0497 e. The summed E-state index contributed by atoms with van der Waals surface area (Å²) >= 11 is 0. The summed E-state index contributed by atoms with van der Waals surface area (Å²) in [7, 11) is 0. The molecule has 0 amide bonds. The summed E-state index contributed by atoms with van der Waals surface area (Å²) in [4.78, 5) is 2.29. The Balaban J connectivity index is 2.20. The Bertz CT molecular complexity index is 452. The molecule has 1 heteroatoms. The second-order valence-corrected chi connectivity index (χ2v) is 5.37. The van der Waals surface area contributed by atoms with Gasteiger partial charge in [-0.2, -0.15) is 0 Å². The number of unbranched alkanes of at least 4 members (excludes halogenated alkanes) is 1. The minimum absolute atomic E-state index is 0.687. The lowest BCUT2D eigenvalue weighted by Gasteiger charge is -2.29. The van der Waals surface area contributed by atoms with Crippen LogP contribution in [-0.2, 0) is 0 Å². The molecule has 0 saturated heterocycles. The largest absolute Gasteiger partial charge is 0.340 e. The highest BCUT2D eigenvalue weighted by Gasteiger charge is 2.15. The Labute approximate surface area is 129 Å². The third-order valence-corrected chi connectivity index (χ3v) is 3.83. The van der Waals surface area contributed by atoms with Gasteiger partial charge in [0.1, 0.15) is 0 Å². The van der Waals surface area contributed by atoms with E-state index < -0.39 is 0 Å². The van der Waals surface area contributed by atoms with Gasteiger partial charge in [-0.3, -0.25) is 0 Å². The number of rotatable bonds is 8. The predicted octanol–water partition coefficient (Wildman–Crippen LogP) is 5.24. The standard InChI is InChI=1S/C20H23N/c1-3-5-12-18(4-2)17-21(19-13-8-6-9-14-19)20-15-10-7-11-16-20/h6-8,10,14,16,18H,3-5,12,17H2,1-2H3. The van der Waals surface area contributed by atoms with Crippen molar-refractivity contribution in [2.24, 2.45) is 5.92 Å². The van der Waals surface area contributed by atoms with Crippen LogP contribution in [0.5, 0.6) is 0 Å². The fourth-order valence-corrected chi connectivity index (χ4v) is 2.50. The summed E-state index contributed by atoms with van der Waals surface area (Å²) in [6.07, 6.45) is 5.02. The molecule has 1 atom stereocenters. The van der Waals surface area contributed by atoms with Gasteiger partial charge in [-0.05, 0) is 36.6 Å². The van der Waals surface area contributed by atoms with Gasteiger partial charge < -0.3 is 4.90 Å². The van der Waals surface area contributed by atoms with Crippen LogP contribution in [-0.4, -0.2) is 6.54 Å². The van der Waals surface area contributed by atoms with Gasteiger partial charge in [0.05, 0.1) is 0 Å². The van der Waals surface area contributed by atoms with E-state index in [1.807, 2.05) is 36.4 Å². The molecule has 0 aliphatic rings. The van der Waals surface area contributed by atoms with E-state index in [1.54, 1.807) is 0 Å². The lowest BCUT2D eigenvalue weighted by atomic mass is 9.98. The molecule has 4 radical (unpaired) electrons. The molecule has 0 aliphatic carbocycles. The first-order valence-electron chi connectivity index (χ1n) is 7.88. The van der Waals surface area contributed by atoms with E-state index in [1.165, 1.54) is 25.7 Å². The number of hydrogen-bond donors (Lipinski definition) is 0. The van der Waals surface area contributed by atoms with Crippen LogP contribution in [0.4, 0.5) is 11.4 Å². The topological polar surface area (TPSA) is 3.24 Å². The van der Waals surface area contributed by atoms with E-state index in [0.717, 1.165) is 17.9 Å². The summed E-state index contributed by atoms with van der Waals surface area (Å²) < 4.78 is 0. The van der Waals surface area contributed by atoms with Crippen LogP contribution in [0.3, 0.4) is 0 Å². The van der Waals surface area contributed by atoms with E-state index in [4.69, 9.17) is 0 Å². The van der Waals surface area contributed by atoms with Crippen molar-refractivity contribution in [2.75, 3.05) is 11.4 Å².